The van der Waals surface area contributed by atoms with E-state index in [0.717, 1.165) is 17.9 Å². The Bertz CT molecular complexity index is 279. The van der Waals surface area contributed by atoms with Gasteiger partial charge in [-0.05, 0) is 57.9 Å². The van der Waals surface area contributed by atoms with Gasteiger partial charge < -0.3 is 5.32 Å². The Morgan fingerprint density at radius 3 is 2.50 bits per heavy atom. The Morgan fingerprint density at radius 2 is 1.85 bits per heavy atom. The van der Waals surface area contributed by atoms with Crippen LogP contribution < -0.4 is 5.32 Å². The van der Waals surface area contributed by atoms with Gasteiger partial charge in [-0.2, -0.15) is 0 Å². The van der Waals surface area contributed by atoms with Crippen LogP contribution in [0.25, 0.3) is 0 Å². The topological polar surface area (TPSA) is 15.3 Å². The fraction of sp³-hybridized carbons (Fsp3) is 1.00. The molecule has 0 radical (unpaired) electrons. The normalized spacial score (nSPS) is 28.9. The van der Waals surface area contributed by atoms with Crippen molar-refractivity contribution in [3.63, 3.8) is 0 Å². The zero-order chi connectivity index (χ0) is 14.6. The number of nitrogens with zero attached hydrogens (tertiary/aromatic N) is 1. The number of hydrogen-bond acceptors (Lipinski definition) is 2. The van der Waals surface area contributed by atoms with Crippen LogP contribution in [0.5, 0.6) is 0 Å². The van der Waals surface area contributed by atoms with Crippen molar-refractivity contribution < 1.29 is 0 Å². The number of piperazine rings is 1. The third kappa shape index (κ3) is 4.73. The van der Waals surface area contributed by atoms with E-state index >= 15 is 0 Å². The monoisotopic (exact) mass is 280 g/mol. The maximum Gasteiger partial charge on any atom is 0.0252 e. The Hall–Kier alpha value is -0.0800. The van der Waals surface area contributed by atoms with Gasteiger partial charge in [-0.15, -0.1) is 0 Å². The molecular weight excluding hydrogens is 244 g/mol. The van der Waals surface area contributed by atoms with E-state index in [1.165, 1.54) is 64.6 Å². The molecule has 1 saturated heterocycles. The molecule has 2 rings (SSSR count). The van der Waals surface area contributed by atoms with E-state index in [9.17, 15) is 0 Å². The second kappa shape index (κ2) is 7.26. The molecule has 0 aromatic heterocycles. The SMILES string of the molecule is CC(C)CCCN1CC(C)(C)NCC1C1CCCCC1. The van der Waals surface area contributed by atoms with Crippen molar-refractivity contribution in [2.45, 2.75) is 84.2 Å². The van der Waals surface area contributed by atoms with Crippen molar-refractivity contribution in [2.75, 3.05) is 19.6 Å². The van der Waals surface area contributed by atoms with Crippen LogP contribution in [-0.4, -0.2) is 36.1 Å². The largest absolute Gasteiger partial charge is 0.309 e. The maximum absolute atomic E-state index is 3.79. The van der Waals surface area contributed by atoms with E-state index in [2.05, 4.69) is 37.9 Å². The maximum atomic E-state index is 3.79. The van der Waals surface area contributed by atoms with Gasteiger partial charge in [0.2, 0.25) is 0 Å². The minimum Gasteiger partial charge on any atom is -0.309 e. The van der Waals surface area contributed by atoms with Crippen LogP contribution in [-0.2, 0) is 0 Å². The summed E-state index contributed by atoms with van der Waals surface area (Å²) < 4.78 is 0. The molecule has 1 aliphatic heterocycles. The molecule has 118 valence electrons. The summed E-state index contributed by atoms with van der Waals surface area (Å²) in [6.07, 6.45) is 10.1. The molecule has 2 nitrogen and oxygen atoms in total. The van der Waals surface area contributed by atoms with Crippen molar-refractivity contribution in [3.8, 4) is 0 Å². The van der Waals surface area contributed by atoms with Crippen molar-refractivity contribution >= 4 is 0 Å². The van der Waals surface area contributed by atoms with Gasteiger partial charge in [0.1, 0.15) is 0 Å². The van der Waals surface area contributed by atoms with Crippen molar-refractivity contribution in [1.82, 2.24) is 10.2 Å². The highest BCUT2D eigenvalue weighted by Gasteiger charge is 2.36. The molecule has 0 bridgehead atoms. The van der Waals surface area contributed by atoms with Crippen LogP contribution in [0.1, 0.15) is 72.6 Å². The van der Waals surface area contributed by atoms with Gasteiger partial charge in [0.05, 0.1) is 0 Å². The van der Waals surface area contributed by atoms with E-state index in [0.29, 0.717) is 5.54 Å². The summed E-state index contributed by atoms with van der Waals surface area (Å²) in [4.78, 5) is 2.83. The first-order valence-electron chi connectivity index (χ1n) is 8.97. The van der Waals surface area contributed by atoms with E-state index in [-0.39, 0.29) is 0 Å². The number of nitrogens with one attached hydrogen (secondary N) is 1. The van der Waals surface area contributed by atoms with Crippen LogP contribution in [0.3, 0.4) is 0 Å². The Labute approximate surface area is 126 Å². The average Bonchev–Trinajstić information content (AvgIpc) is 2.38. The lowest BCUT2D eigenvalue weighted by molar-refractivity contribution is 0.0461. The first-order valence-corrected chi connectivity index (χ1v) is 8.97. The fourth-order valence-corrected chi connectivity index (χ4v) is 4.12. The molecule has 0 aromatic carbocycles. The van der Waals surface area contributed by atoms with Gasteiger partial charge in [0.25, 0.3) is 0 Å². The van der Waals surface area contributed by atoms with E-state index in [4.69, 9.17) is 0 Å². The molecule has 0 amide bonds. The minimum atomic E-state index is 0.295. The quantitative estimate of drug-likeness (QED) is 0.817. The predicted molar refractivity (Wildman–Crippen MR) is 88.1 cm³/mol. The molecule has 0 aromatic rings. The lowest BCUT2D eigenvalue weighted by Gasteiger charge is -2.48. The first-order chi connectivity index (χ1) is 9.48. The minimum absolute atomic E-state index is 0.295. The van der Waals surface area contributed by atoms with Crippen molar-refractivity contribution in [1.29, 1.82) is 0 Å². The molecule has 1 N–H and O–H groups in total. The highest BCUT2D eigenvalue weighted by Crippen LogP contribution is 2.31. The lowest BCUT2D eigenvalue weighted by Crippen LogP contribution is -2.63. The van der Waals surface area contributed by atoms with E-state index < -0.39 is 0 Å². The summed E-state index contributed by atoms with van der Waals surface area (Å²) in [5.74, 6) is 1.80. The predicted octanol–water partition coefficient (Wildman–Crippen LogP) is 4.06. The summed E-state index contributed by atoms with van der Waals surface area (Å²) in [6.45, 7) is 13.2. The van der Waals surface area contributed by atoms with Crippen molar-refractivity contribution in [2.24, 2.45) is 11.8 Å². The molecule has 20 heavy (non-hydrogen) atoms. The first kappa shape index (κ1) is 16.3. The second-order valence-electron chi connectivity index (χ2n) is 8.24. The van der Waals surface area contributed by atoms with Crippen LogP contribution in [0.15, 0.2) is 0 Å². The van der Waals surface area contributed by atoms with Gasteiger partial charge >= 0.3 is 0 Å². The molecule has 2 heteroatoms. The molecule has 0 spiro atoms. The van der Waals surface area contributed by atoms with Gasteiger partial charge in [-0.3, -0.25) is 4.90 Å². The molecule has 1 atom stereocenters. The van der Waals surface area contributed by atoms with Crippen LogP contribution in [0, 0.1) is 11.8 Å². The van der Waals surface area contributed by atoms with Crippen LogP contribution >= 0.6 is 0 Å². The molecule has 2 aliphatic rings. The smallest absolute Gasteiger partial charge is 0.0252 e. The zero-order valence-corrected chi connectivity index (χ0v) is 14.3. The Balaban J connectivity index is 1.92. The zero-order valence-electron chi connectivity index (χ0n) is 14.3. The second-order valence-corrected chi connectivity index (χ2v) is 8.24. The molecule has 2 fully saturated rings. The van der Waals surface area contributed by atoms with Gasteiger partial charge in [-0.1, -0.05) is 33.1 Å². The molecule has 1 saturated carbocycles. The third-order valence-corrected chi connectivity index (χ3v) is 5.28. The van der Waals surface area contributed by atoms with E-state index in [1.807, 2.05) is 0 Å². The summed E-state index contributed by atoms with van der Waals surface area (Å²) in [6, 6.07) is 0.801. The molecule has 1 heterocycles. The molecule has 1 unspecified atom stereocenters. The molecular formula is C18H36N2. The van der Waals surface area contributed by atoms with Crippen LogP contribution in [0.2, 0.25) is 0 Å². The summed E-state index contributed by atoms with van der Waals surface area (Å²) in [7, 11) is 0. The van der Waals surface area contributed by atoms with Crippen LogP contribution in [0.4, 0.5) is 0 Å². The highest BCUT2D eigenvalue weighted by molar-refractivity contribution is 4.95. The highest BCUT2D eigenvalue weighted by atomic mass is 15.2. The summed E-state index contributed by atoms with van der Waals surface area (Å²) >= 11 is 0. The van der Waals surface area contributed by atoms with E-state index in [1.54, 1.807) is 0 Å². The van der Waals surface area contributed by atoms with Gasteiger partial charge in [0, 0.05) is 24.7 Å². The Kier molecular flexibility index (Phi) is 5.92. The summed E-state index contributed by atoms with van der Waals surface area (Å²) in [5, 5.41) is 3.79. The summed E-state index contributed by atoms with van der Waals surface area (Å²) in [5.41, 5.74) is 0.295. The fourth-order valence-electron chi connectivity index (χ4n) is 4.12. The Morgan fingerprint density at radius 1 is 1.15 bits per heavy atom. The number of rotatable bonds is 5. The average molecular weight is 281 g/mol. The van der Waals surface area contributed by atoms with Gasteiger partial charge in [-0.25, -0.2) is 0 Å². The number of hydrogen-bond donors (Lipinski definition) is 1. The standard InChI is InChI=1S/C18H36N2/c1-15(2)9-8-12-20-14-18(3,4)19-13-17(20)16-10-6-5-7-11-16/h15-17,19H,5-14H2,1-4H3. The third-order valence-electron chi connectivity index (χ3n) is 5.28. The molecule has 1 aliphatic carbocycles. The lowest BCUT2D eigenvalue weighted by atomic mass is 9.81. The van der Waals surface area contributed by atoms with Gasteiger partial charge in [0.15, 0.2) is 0 Å². The van der Waals surface area contributed by atoms with Crippen molar-refractivity contribution in [3.05, 3.63) is 0 Å².